The van der Waals surface area contributed by atoms with Crippen molar-refractivity contribution in [2.75, 3.05) is 12.4 Å². The van der Waals surface area contributed by atoms with Crippen molar-refractivity contribution in [3.8, 4) is 11.5 Å². The van der Waals surface area contributed by atoms with Gasteiger partial charge in [0.25, 0.3) is 5.91 Å². The molecule has 1 aliphatic carbocycles. The third kappa shape index (κ3) is 4.97. The summed E-state index contributed by atoms with van der Waals surface area (Å²) in [5, 5.41) is 4.66. The van der Waals surface area contributed by atoms with E-state index in [9.17, 15) is 14.4 Å². The molecular weight excluding hydrogens is 540 g/mol. The number of benzene rings is 3. The fourth-order valence-corrected chi connectivity index (χ4v) is 6.73. The number of esters is 2. The molecule has 2 aromatic heterocycles. The van der Waals surface area contributed by atoms with Crippen LogP contribution in [-0.4, -0.2) is 36.0 Å². The number of fused-ring (bicyclic) bond motifs is 3. The molecule has 2 atom stereocenters. The van der Waals surface area contributed by atoms with Gasteiger partial charge in [-0.1, -0.05) is 43.3 Å². The highest BCUT2D eigenvalue weighted by Crippen LogP contribution is 2.40. The van der Waals surface area contributed by atoms with E-state index in [-0.39, 0.29) is 5.56 Å². The quantitative estimate of drug-likeness (QED) is 0.224. The number of hydrogen-bond donors (Lipinski definition) is 1. The van der Waals surface area contributed by atoms with Crippen molar-refractivity contribution in [2.45, 2.75) is 39.2 Å². The summed E-state index contributed by atoms with van der Waals surface area (Å²) in [7, 11) is 1.33. The Morgan fingerprint density at radius 3 is 2.61 bits per heavy atom. The number of oxazole rings is 1. The van der Waals surface area contributed by atoms with Crippen molar-refractivity contribution in [3.63, 3.8) is 0 Å². The second kappa shape index (κ2) is 10.8. The van der Waals surface area contributed by atoms with Crippen LogP contribution in [0.4, 0.5) is 5.00 Å². The van der Waals surface area contributed by atoms with Crippen molar-refractivity contribution in [1.82, 2.24) is 4.98 Å². The standard InChI is InChI=1S/C32H28N2O6S/c1-17-14-15-20-25(16-17)41-30(27(20)32(37)38-3)34-28(35)18(2)39-31(36)22-11-7-9-19-8-6-10-21(26(19)22)29-33-23-12-4-5-13-24(23)40-29/h4-13,17-18H,14-16H2,1-3H3,(H,34,35). The highest BCUT2D eigenvalue weighted by molar-refractivity contribution is 7.17. The summed E-state index contributed by atoms with van der Waals surface area (Å²) in [4.78, 5) is 45.0. The topological polar surface area (TPSA) is 108 Å². The zero-order valence-corrected chi connectivity index (χ0v) is 23.7. The number of anilines is 1. The molecule has 6 rings (SSSR count). The third-order valence-electron chi connectivity index (χ3n) is 7.44. The lowest BCUT2D eigenvalue weighted by atomic mass is 9.88. The summed E-state index contributed by atoms with van der Waals surface area (Å²) < 4.78 is 16.7. The summed E-state index contributed by atoms with van der Waals surface area (Å²) in [6, 6.07) is 18.4. The van der Waals surface area contributed by atoms with Gasteiger partial charge in [-0.05, 0) is 67.3 Å². The first kappa shape index (κ1) is 26.7. The molecule has 5 aromatic rings. The van der Waals surface area contributed by atoms with Crippen LogP contribution < -0.4 is 5.32 Å². The van der Waals surface area contributed by atoms with E-state index in [0.29, 0.717) is 44.4 Å². The molecule has 1 N–H and O–H groups in total. The smallest absolute Gasteiger partial charge is 0.341 e. The average Bonchev–Trinajstić information content (AvgIpc) is 3.56. The monoisotopic (exact) mass is 568 g/mol. The van der Waals surface area contributed by atoms with E-state index in [1.165, 1.54) is 25.4 Å². The van der Waals surface area contributed by atoms with E-state index in [1.54, 1.807) is 12.1 Å². The third-order valence-corrected chi connectivity index (χ3v) is 8.61. The molecule has 41 heavy (non-hydrogen) atoms. The number of amides is 1. The van der Waals surface area contributed by atoms with E-state index >= 15 is 0 Å². The second-order valence-electron chi connectivity index (χ2n) is 10.3. The first-order chi connectivity index (χ1) is 19.8. The van der Waals surface area contributed by atoms with Crippen LogP contribution in [0.1, 0.15) is 51.4 Å². The number of carbonyl (C=O) groups is 3. The van der Waals surface area contributed by atoms with Gasteiger partial charge in [0.05, 0.1) is 18.2 Å². The van der Waals surface area contributed by atoms with Crippen LogP contribution in [0.2, 0.25) is 0 Å². The van der Waals surface area contributed by atoms with E-state index in [0.717, 1.165) is 35.1 Å². The van der Waals surface area contributed by atoms with Crippen molar-refractivity contribution in [2.24, 2.45) is 5.92 Å². The van der Waals surface area contributed by atoms with E-state index in [2.05, 4.69) is 17.2 Å². The van der Waals surface area contributed by atoms with E-state index in [1.807, 2.05) is 48.5 Å². The average molecular weight is 569 g/mol. The molecular formula is C32H28N2O6S. The maximum Gasteiger partial charge on any atom is 0.341 e. The lowest BCUT2D eigenvalue weighted by molar-refractivity contribution is -0.123. The second-order valence-corrected chi connectivity index (χ2v) is 11.4. The minimum atomic E-state index is -1.13. The maximum atomic E-state index is 13.5. The number of rotatable bonds is 6. The fraction of sp³-hybridized carbons (Fsp3) is 0.250. The van der Waals surface area contributed by atoms with Crippen molar-refractivity contribution in [3.05, 3.63) is 82.2 Å². The van der Waals surface area contributed by atoms with Crippen molar-refractivity contribution < 1.29 is 28.3 Å². The number of thiophene rings is 1. The van der Waals surface area contributed by atoms with Gasteiger partial charge < -0.3 is 19.2 Å². The molecule has 0 bridgehead atoms. The van der Waals surface area contributed by atoms with Gasteiger partial charge >= 0.3 is 11.9 Å². The van der Waals surface area contributed by atoms with Gasteiger partial charge in [-0.3, -0.25) is 4.79 Å². The predicted molar refractivity (Wildman–Crippen MR) is 157 cm³/mol. The Labute approximate surface area is 240 Å². The molecule has 0 fully saturated rings. The SMILES string of the molecule is COC(=O)c1c(NC(=O)C(C)OC(=O)c2cccc3cccc(-c4nc5ccccc5o4)c23)sc2c1CCC(C)C2. The number of nitrogens with zero attached hydrogens (tertiary/aromatic N) is 1. The van der Waals surface area contributed by atoms with Gasteiger partial charge in [0.2, 0.25) is 5.89 Å². The molecule has 0 saturated carbocycles. The highest BCUT2D eigenvalue weighted by atomic mass is 32.1. The minimum Gasteiger partial charge on any atom is -0.465 e. The molecule has 0 radical (unpaired) electrons. The van der Waals surface area contributed by atoms with Crippen LogP contribution >= 0.6 is 11.3 Å². The first-order valence-electron chi connectivity index (χ1n) is 13.5. The molecule has 0 aliphatic heterocycles. The molecule has 9 heteroatoms. The van der Waals surface area contributed by atoms with Crippen LogP contribution in [0.15, 0.2) is 65.1 Å². The number of para-hydroxylation sites is 2. The van der Waals surface area contributed by atoms with Crippen molar-refractivity contribution >= 4 is 56.1 Å². The van der Waals surface area contributed by atoms with E-state index in [4.69, 9.17) is 13.9 Å². The number of hydrogen-bond acceptors (Lipinski definition) is 8. The molecule has 8 nitrogen and oxygen atoms in total. The zero-order valence-electron chi connectivity index (χ0n) is 22.9. The Balaban J connectivity index is 1.27. The molecule has 2 heterocycles. The first-order valence-corrected chi connectivity index (χ1v) is 14.3. The lowest BCUT2D eigenvalue weighted by Crippen LogP contribution is -2.30. The van der Waals surface area contributed by atoms with Crippen molar-refractivity contribution in [1.29, 1.82) is 0 Å². The van der Waals surface area contributed by atoms with Crippen LogP contribution in [-0.2, 0) is 27.1 Å². The lowest BCUT2D eigenvalue weighted by Gasteiger charge is -2.18. The molecule has 1 aliphatic rings. The van der Waals surface area contributed by atoms with Gasteiger partial charge in [0.1, 0.15) is 10.5 Å². The summed E-state index contributed by atoms with van der Waals surface area (Å²) in [5.41, 5.74) is 3.60. The molecule has 0 saturated heterocycles. The van der Waals surface area contributed by atoms with Gasteiger partial charge in [-0.15, -0.1) is 11.3 Å². The Morgan fingerprint density at radius 1 is 1.05 bits per heavy atom. The Hall–Kier alpha value is -4.50. The Bertz CT molecular complexity index is 1780. The van der Waals surface area contributed by atoms with Gasteiger partial charge in [0, 0.05) is 15.8 Å². The Kier molecular flexibility index (Phi) is 7.05. The summed E-state index contributed by atoms with van der Waals surface area (Å²) >= 11 is 1.38. The van der Waals surface area contributed by atoms with E-state index < -0.39 is 23.9 Å². The van der Waals surface area contributed by atoms with Crippen LogP contribution in [0.3, 0.4) is 0 Å². The van der Waals surface area contributed by atoms with Gasteiger partial charge in [0.15, 0.2) is 11.7 Å². The molecule has 0 spiro atoms. The summed E-state index contributed by atoms with van der Waals surface area (Å²) in [6.07, 6.45) is 1.43. The largest absolute Gasteiger partial charge is 0.465 e. The maximum absolute atomic E-state index is 13.5. The normalized spacial score (nSPS) is 15.3. The predicted octanol–water partition coefficient (Wildman–Crippen LogP) is 6.80. The molecule has 3 aromatic carbocycles. The number of ether oxygens (including phenoxy) is 2. The van der Waals surface area contributed by atoms with Gasteiger partial charge in [-0.25, -0.2) is 14.6 Å². The number of nitrogens with one attached hydrogen (secondary N) is 1. The zero-order chi connectivity index (χ0) is 28.7. The van der Waals surface area contributed by atoms with Crippen LogP contribution in [0.25, 0.3) is 33.3 Å². The molecule has 2 unspecified atom stereocenters. The Morgan fingerprint density at radius 2 is 1.83 bits per heavy atom. The summed E-state index contributed by atoms with van der Waals surface area (Å²) in [5.74, 6) is -0.798. The molecule has 1 amide bonds. The van der Waals surface area contributed by atoms with Crippen LogP contribution in [0, 0.1) is 5.92 Å². The van der Waals surface area contributed by atoms with Crippen LogP contribution in [0.5, 0.6) is 0 Å². The highest BCUT2D eigenvalue weighted by Gasteiger charge is 2.30. The van der Waals surface area contributed by atoms with Gasteiger partial charge in [-0.2, -0.15) is 0 Å². The number of methoxy groups -OCH3 is 1. The summed E-state index contributed by atoms with van der Waals surface area (Å²) in [6.45, 7) is 3.68. The fourth-order valence-electron chi connectivity index (χ4n) is 5.32. The molecule has 208 valence electrons. The number of carbonyl (C=O) groups excluding carboxylic acids is 3. The number of aromatic nitrogens is 1. The minimum absolute atomic E-state index is 0.288.